The highest BCUT2D eigenvalue weighted by molar-refractivity contribution is 9.10. The highest BCUT2D eigenvalue weighted by Crippen LogP contribution is 2.21. The maximum absolute atomic E-state index is 3.48. The lowest BCUT2D eigenvalue weighted by atomic mass is 10.1. The Morgan fingerprint density at radius 3 is 2.67 bits per heavy atom. The zero-order valence-electron chi connectivity index (χ0n) is 9.80. The summed E-state index contributed by atoms with van der Waals surface area (Å²) in [5.41, 5.74) is 0.170. The second-order valence-electron chi connectivity index (χ2n) is 4.54. The van der Waals surface area contributed by atoms with Crippen LogP contribution >= 0.6 is 27.3 Å². The molecular weight excluding hydrogens is 272 g/mol. The fourth-order valence-corrected chi connectivity index (χ4v) is 3.04. The molecule has 0 aliphatic carbocycles. The maximum atomic E-state index is 3.48. The molecule has 86 valence electrons. The van der Waals surface area contributed by atoms with Gasteiger partial charge in [0, 0.05) is 33.4 Å². The van der Waals surface area contributed by atoms with Crippen molar-refractivity contribution in [2.24, 2.45) is 0 Å². The van der Waals surface area contributed by atoms with Crippen LogP contribution in [0.2, 0.25) is 0 Å². The number of nitrogens with one attached hydrogen (secondary N) is 1. The van der Waals surface area contributed by atoms with Gasteiger partial charge in [0.1, 0.15) is 0 Å². The van der Waals surface area contributed by atoms with Gasteiger partial charge < -0.3 is 5.32 Å². The van der Waals surface area contributed by atoms with E-state index in [9.17, 15) is 0 Å². The number of hydrogen-bond donors (Lipinski definition) is 1. The molecular formula is C11H19BrN2S. The zero-order chi connectivity index (χ0) is 11.5. The van der Waals surface area contributed by atoms with E-state index >= 15 is 0 Å². The van der Waals surface area contributed by atoms with Crippen molar-refractivity contribution in [3.05, 3.63) is 20.8 Å². The normalized spacial score (nSPS) is 12.4. The summed E-state index contributed by atoms with van der Waals surface area (Å²) < 4.78 is 1.18. The highest BCUT2D eigenvalue weighted by Gasteiger charge is 2.17. The van der Waals surface area contributed by atoms with Crippen LogP contribution in [0.3, 0.4) is 0 Å². The molecule has 0 saturated carbocycles. The molecule has 0 saturated heterocycles. The topological polar surface area (TPSA) is 15.3 Å². The third-order valence-corrected chi connectivity index (χ3v) is 4.07. The Morgan fingerprint density at radius 2 is 2.20 bits per heavy atom. The third kappa shape index (κ3) is 4.64. The first kappa shape index (κ1) is 13.2. The summed E-state index contributed by atoms with van der Waals surface area (Å²) in [5.74, 6) is 0. The van der Waals surface area contributed by atoms with Crippen LogP contribution < -0.4 is 5.32 Å². The van der Waals surface area contributed by atoms with E-state index < -0.39 is 0 Å². The summed E-state index contributed by atoms with van der Waals surface area (Å²) in [6, 6.07) is 2.19. The van der Waals surface area contributed by atoms with Crippen LogP contribution in [-0.4, -0.2) is 31.1 Å². The maximum Gasteiger partial charge on any atom is 0.0326 e. The van der Waals surface area contributed by atoms with Crippen LogP contribution in [0, 0.1) is 0 Å². The molecule has 0 aliphatic rings. The predicted molar refractivity (Wildman–Crippen MR) is 71.5 cm³/mol. The average Bonchev–Trinajstić information content (AvgIpc) is 2.50. The summed E-state index contributed by atoms with van der Waals surface area (Å²) in [6.45, 7) is 6.49. The Bertz CT molecular complexity index is 309. The van der Waals surface area contributed by atoms with Gasteiger partial charge in [0.2, 0.25) is 0 Å². The number of likely N-dealkylation sites (N-methyl/N-ethyl adjacent to an activating group) is 2. The largest absolute Gasteiger partial charge is 0.314 e. The van der Waals surface area contributed by atoms with Crippen molar-refractivity contribution in [2.75, 3.05) is 20.6 Å². The molecule has 0 amide bonds. The molecule has 0 fully saturated rings. The molecule has 15 heavy (non-hydrogen) atoms. The van der Waals surface area contributed by atoms with Gasteiger partial charge >= 0.3 is 0 Å². The van der Waals surface area contributed by atoms with E-state index in [1.54, 1.807) is 11.3 Å². The molecule has 1 aromatic rings. The van der Waals surface area contributed by atoms with Crippen LogP contribution in [0.4, 0.5) is 0 Å². The molecule has 1 aromatic heterocycles. The average molecular weight is 291 g/mol. The van der Waals surface area contributed by atoms with E-state index in [0.717, 1.165) is 13.1 Å². The van der Waals surface area contributed by atoms with Crippen LogP contribution in [0.1, 0.15) is 18.7 Å². The van der Waals surface area contributed by atoms with Crippen LogP contribution in [0.5, 0.6) is 0 Å². The van der Waals surface area contributed by atoms with E-state index in [-0.39, 0.29) is 5.54 Å². The van der Waals surface area contributed by atoms with Gasteiger partial charge in [-0.15, -0.1) is 11.3 Å². The molecule has 0 unspecified atom stereocenters. The molecule has 0 atom stereocenters. The van der Waals surface area contributed by atoms with Crippen LogP contribution in [0.15, 0.2) is 15.9 Å². The minimum Gasteiger partial charge on any atom is -0.314 e. The summed E-state index contributed by atoms with van der Waals surface area (Å²) >= 11 is 5.28. The van der Waals surface area contributed by atoms with Gasteiger partial charge in [-0.1, -0.05) is 0 Å². The van der Waals surface area contributed by atoms with Crippen LogP contribution in [0.25, 0.3) is 0 Å². The number of thiophene rings is 1. The van der Waals surface area contributed by atoms with E-state index in [4.69, 9.17) is 0 Å². The Balaban J connectivity index is 2.46. The summed E-state index contributed by atoms with van der Waals surface area (Å²) in [4.78, 5) is 3.74. The van der Waals surface area contributed by atoms with E-state index in [1.165, 1.54) is 9.35 Å². The predicted octanol–water partition coefficient (Wildman–Crippen LogP) is 2.94. The van der Waals surface area contributed by atoms with Gasteiger partial charge in [0.25, 0.3) is 0 Å². The van der Waals surface area contributed by atoms with Crippen molar-refractivity contribution in [1.29, 1.82) is 0 Å². The fraction of sp³-hybridized carbons (Fsp3) is 0.636. The SMILES string of the molecule is CNC(C)(C)CN(C)Cc1cc(Br)cs1. The van der Waals surface area contributed by atoms with Crippen molar-refractivity contribution >= 4 is 27.3 Å². The molecule has 0 radical (unpaired) electrons. The molecule has 1 N–H and O–H groups in total. The zero-order valence-corrected chi connectivity index (χ0v) is 12.2. The second-order valence-corrected chi connectivity index (χ2v) is 6.45. The van der Waals surface area contributed by atoms with Crippen molar-refractivity contribution in [1.82, 2.24) is 10.2 Å². The molecule has 2 nitrogen and oxygen atoms in total. The van der Waals surface area contributed by atoms with E-state index in [2.05, 4.69) is 58.5 Å². The quantitative estimate of drug-likeness (QED) is 0.897. The first-order chi connectivity index (χ1) is 6.93. The van der Waals surface area contributed by atoms with Crippen molar-refractivity contribution in [2.45, 2.75) is 25.9 Å². The van der Waals surface area contributed by atoms with Gasteiger partial charge in [-0.05, 0) is 49.9 Å². The standard InChI is InChI=1S/C11H19BrN2S/c1-11(2,13-3)8-14(4)6-10-5-9(12)7-15-10/h5,7,13H,6,8H2,1-4H3. The lowest BCUT2D eigenvalue weighted by Crippen LogP contribution is -2.45. The highest BCUT2D eigenvalue weighted by atomic mass is 79.9. The minimum atomic E-state index is 0.170. The number of hydrogen-bond acceptors (Lipinski definition) is 3. The van der Waals surface area contributed by atoms with Gasteiger partial charge in [0.05, 0.1) is 0 Å². The fourth-order valence-electron chi connectivity index (χ4n) is 1.51. The monoisotopic (exact) mass is 290 g/mol. The van der Waals surface area contributed by atoms with E-state index in [0.29, 0.717) is 0 Å². The Kier molecular flexibility index (Phi) is 4.77. The Morgan fingerprint density at radius 1 is 1.53 bits per heavy atom. The molecule has 1 heterocycles. The lowest BCUT2D eigenvalue weighted by molar-refractivity contribution is 0.240. The number of halogens is 1. The summed E-state index contributed by atoms with van der Waals surface area (Å²) in [7, 11) is 4.17. The molecule has 4 heteroatoms. The third-order valence-electron chi connectivity index (χ3n) is 2.39. The first-order valence-electron chi connectivity index (χ1n) is 5.03. The summed E-state index contributed by atoms with van der Waals surface area (Å²) in [5, 5.41) is 5.45. The molecule has 1 rings (SSSR count). The second kappa shape index (κ2) is 5.43. The smallest absolute Gasteiger partial charge is 0.0326 e. The molecule has 0 aromatic carbocycles. The van der Waals surface area contributed by atoms with Crippen molar-refractivity contribution in [3.63, 3.8) is 0 Å². The molecule has 0 spiro atoms. The molecule has 0 aliphatic heterocycles. The minimum absolute atomic E-state index is 0.170. The van der Waals surface area contributed by atoms with Gasteiger partial charge in [-0.25, -0.2) is 0 Å². The lowest BCUT2D eigenvalue weighted by Gasteiger charge is -2.29. The Hall–Kier alpha value is 0.1000. The van der Waals surface area contributed by atoms with Crippen LogP contribution in [-0.2, 0) is 6.54 Å². The van der Waals surface area contributed by atoms with Gasteiger partial charge in [-0.3, -0.25) is 4.90 Å². The number of rotatable bonds is 5. The molecule has 0 bridgehead atoms. The van der Waals surface area contributed by atoms with Gasteiger partial charge in [-0.2, -0.15) is 0 Å². The summed E-state index contributed by atoms with van der Waals surface area (Å²) in [6.07, 6.45) is 0. The Labute approximate surface area is 105 Å². The van der Waals surface area contributed by atoms with E-state index in [1.807, 2.05) is 7.05 Å². The van der Waals surface area contributed by atoms with Crippen molar-refractivity contribution < 1.29 is 0 Å². The van der Waals surface area contributed by atoms with Gasteiger partial charge in [0.15, 0.2) is 0 Å². The van der Waals surface area contributed by atoms with Crippen molar-refractivity contribution in [3.8, 4) is 0 Å². The first-order valence-corrected chi connectivity index (χ1v) is 6.70. The number of nitrogens with zero attached hydrogens (tertiary/aromatic N) is 1.